The van der Waals surface area contributed by atoms with Crippen molar-refractivity contribution >= 4 is 27.4 Å². The molecular formula is C14H20N4OS. The van der Waals surface area contributed by atoms with E-state index in [2.05, 4.69) is 38.6 Å². The molecule has 3 rings (SSSR count). The molecule has 1 N–H and O–H groups in total. The van der Waals surface area contributed by atoms with Crippen LogP contribution < -0.4 is 5.32 Å². The zero-order valence-electron chi connectivity index (χ0n) is 11.7. The molecule has 0 saturated carbocycles. The lowest BCUT2D eigenvalue weighted by Gasteiger charge is -2.27. The van der Waals surface area contributed by atoms with Gasteiger partial charge in [-0.2, -0.15) is 0 Å². The summed E-state index contributed by atoms with van der Waals surface area (Å²) in [6, 6.07) is 2.48. The molecule has 6 heteroatoms. The van der Waals surface area contributed by atoms with Gasteiger partial charge in [0.2, 0.25) is 0 Å². The second kappa shape index (κ2) is 6.47. The highest BCUT2D eigenvalue weighted by atomic mass is 32.1. The largest absolute Gasteiger partial charge is 0.379 e. The van der Waals surface area contributed by atoms with Gasteiger partial charge >= 0.3 is 0 Å². The van der Waals surface area contributed by atoms with Gasteiger partial charge in [0, 0.05) is 25.7 Å². The topological polar surface area (TPSA) is 50.3 Å². The second-order valence-electron chi connectivity index (χ2n) is 5.15. The van der Waals surface area contributed by atoms with Gasteiger partial charge in [-0.15, -0.1) is 11.3 Å². The lowest BCUT2D eigenvalue weighted by molar-refractivity contribution is 0.0370. The van der Waals surface area contributed by atoms with Gasteiger partial charge in [-0.25, -0.2) is 9.97 Å². The zero-order chi connectivity index (χ0) is 13.8. The normalized spacial score (nSPS) is 18.2. The zero-order valence-corrected chi connectivity index (χ0v) is 12.5. The van der Waals surface area contributed by atoms with Crippen molar-refractivity contribution < 1.29 is 4.74 Å². The van der Waals surface area contributed by atoms with Crippen molar-refractivity contribution in [1.82, 2.24) is 14.9 Å². The van der Waals surface area contributed by atoms with Crippen molar-refractivity contribution in [3.63, 3.8) is 0 Å². The minimum atomic E-state index is 0.399. The van der Waals surface area contributed by atoms with Crippen LogP contribution in [0.1, 0.15) is 13.3 Å². The number of nitrogens with zero attached hydrogens (tertiary/aromatic N) is 3. The van der Waals surface area contributed by atoms with Gasteiger partial charge in [0.1, 0.15) is 17.0 Å². The van der Waals surface area contributed by atoms with E-state index in [4.69, 9.17) is 4.74 Å². The minimum absolute atomic E-state index is 0.399. The summed E-state index contributed by atoms with van der Waals surface area (Å²) in [7, 11) is 0. The van der Waals surface area contributed by atoms with Gasteiger partial charge in [0.25, 0.3) is 0 Å². The Hall–Kier alpha value is -1.24. The van der Waals surface area contributed by atoms with Crippen LogP contribution in [0.2, 0.25) is 0 Å². The van der Waals surface area contributed by atoms with Crippen LogP contribution >= 0.6 is 11.3 Å². The van der Waals surface area contributed by atoms with Gasteiger partial charge in [0.15, 0.2) is 0 Å². The van der Waals surface area contributed by atoms with Crippen molar-refractivity contribution in [3.8, 4) is 0 Å². The molecule has 0 radical (unpaired) electrons. The fourth-order valence-corrected chi connectivity index (χ4v) is 3.14. The van der Waals surface area contributed by atoms with E-state index in [0.717, 1.165) is 55.3 Å². The molecule has 2 aromatic heterocycles. The third kappa shape index (κ3) is 3.26. The summed E-state index contributed by atoms with van der Waals surface area (Å²) in [5.74, 6) is 0.950. The molecule has 1 aliphatic rings. The third-order valence-electron chi connectivity index (χ3n) is 3.63. The van der Waals surface area contributed by atoms with E-state index in [9.17, 15) is 0 Å². The van der Waals surface area contributed by atoms with Crippen molar-refractivity contribution in [2.75, 3.05) is 38.2 Å². The Labute approximate surface area is 123 Å². The number of aromatic nitrogens is 2. The molecule has 2 aromatic rings. The number of nitrogens with one attached hydrogen (secondary N) is 1. The first-order valence-electron chi connectivity index (χ1n) is 7.08. The number of hydrogen-bond acceptors (Lipinski definition) is 6. The summed E-state index contributed by atoms with van der Waals surface area (Å²) in [6.07, 6.45) is 2.74. The predicted molar refractivity (Wildman–Crippen MR) is 82.4 cm³/mol. The Morgan fingerprint density at radius 3 is 3.10 bits per heavy atom. The average Bonchev–Trinajstić information content (AvgIpc) is 2.96. The minimum Gasteiger partial charge on any atom is -0.379 e. The molecule has 0 spiro atoms. The van der Waals surface area contributed by atoms with Crippen molar-refractivity contribution in [2.24, 2.45) is 0 Å². The van der Waals surface area contributed by atoms with Crippen LogP contribution in [0.4, 0.5) is 5.82 Å². The molecule has 108 valence electrons. The summed E-state index contributed by atoms with van der Waals surface area (Å²) in [5, 5.41) is 6.69. The smallest absolute Gasteiger partial charge is 0.138 e. The Morgan fingerprint density at radius 2 is 2.25 bits per heavy atom. The fourth-order valence-electron chi connectivity index (χ4n) is 2.41. The van der Waals surface area contributed by atoms with E-state index in [0.29, 0.717) is 6.04 Å². The van der Waals surface area contributed by atoms with Gasteiger partial charge in [-0.1, -0.05) is 0 Å². The van der Waals surface area contributed by atoms with E-state index >= 15 is 0 Å². The Kier molecular flexibility index (Phi) is 4.44. The molecule has 0 aromatic carbocycles. The van der Waals surface area contributed by atoms with Crippen molar-refractivity contribution in [3.05, 3.63) is 17.8 Å². The van der Waals surface area contributed by atoms with E-state index in [1.807, 2.05) is 0 Å². The second-order valence-corrected chi connectivity index (χ2v) is 6.04. The molecule has 5 nitrogen and oxygen atoms in total. The lowest BCUT2D eigenvalue weighted by atomic mass is 10.2. The Balaban J connectivity index is 1.55. The van der Waals surface area contributed by atoms with Crippen molar-refractivity contribution in [2.45, 2.75) is 19.4 Å². The molecule has 1 fully saturated rings. The van der Waals surface area contributed by atoms with E-state index < -0.39 is 0 Å². The molecule has 0 amide bonds. The van der Waals surface area contributed by atoms with Crippen LogP contribution in [0.3, 0.4) is 0 Å². The molecule has 0 unspecified atom stereocenters. The number of anilines is 1. The maximum Gasteiger partial charge on any atom is 0.138 e. The Bertz CT molecular complexity index is 553. The number of hydrogen-bond donors (Lipinski definition) is 1. The van der Waals surface area contributed by atoms with Crippen LogP contribution in [0.5, 0.6) is 0 Å². The first-order valence-corrected chi connectivity index (χ1v) is 7.96. The van der Waals surface area contributed by atoms with Crippen LogP contribution in [0.25, 0.3) is 10.2 Å². The molecule has 1 aliphatic heterocycles. The average molecular weight is 292 g/mol. The summed E-state index contributed by atoms with van der Waals surface area (Å²) in [6.45, 7) is 7.15. The van der Waals surface area contributed by atoms with Crippen LogP contribution in [-0.2, 0) is 4.74 Å². The molecule has 1 atom stereocenters. The molecule has 3 heterocycles. The predicted octanol–water partition coefficient (Wildman–Crippen LogP) is 2.21. The van der Waals surface area contributed by atoms with E-state index in [1.54, 1.807) is 17.7 Å². The van der Waals surface area contributed by atoms with Crippen molar-refractivity contribution in [1.29, 1.82) is 0 Å². The highest BCUT2D eigenvalue weighted by Crippen LogP contribution is 2.24. The Morgan fingerprint density at radius 1 is 1.40 bits per heavy atom. The molecule has 0 aliphatic carbocycles. The molecule has 1 saturated heterocycles. The number of thiophene rings is 1. The van der Waals surface area contributed by atoms with Gasteiger partial charge in [-0.05, 0) is 24.8 Å². The van der Waals surface area contributed by atoms with Crippen LogP contribution in [0.15, 0.2) is 17.8 Å². The molecular weight excluding hydrogens is 272 g/mol. The molecule has 20 heavy (non-hydrogen) atoms. The lowest BCUT2D eigenvalue weighted by Crippen LogP contribution is -2.38. The summed E-state index contributed by atoms with van der Waals surface area (Å²) < 4.78 is 5.37. The monoisotopic (exact) mass is 292 g/mol. The highest BCUT2D eigenvalue weighted by Gasteiger charge is 2.13. The van der Waals surface area contributed by atoms with Gasteiger partial charge < -0.3 is 10.1 Å². The van der Waals surface area contributed by atoms with Gasteiger partial charge in [0.05, 0.1) is 18.6 Å². The molecule has 0 bridgehead atoms. The highest BCUT2D eigenvalue weighted by molar-refractivity contribution is 7.16. The quantitative estimate of drug-likeness (QED) is 0.915. The summed E-state index contributed by atoms with van der Waals surface area (Å²) >= 11 is 1.65. The first kappa shape index (κ1) is 13.7. The maximum absolute atomic E-state index is 5.37. The third-order valence-corrected chi connectivity index (χ3v) is 4.45. The number of ether oxygens (including phenoxy) is 1. The standard InChI is InChI=1S/C14H20N4OS/c1-11(2-4-18-5-7-19-8-6-18)17-13-12-3-9-20-14(12)16-10-15-13/h3,9-11H,2,4-8H2,1H3,(H,15,16,17)/t11-/m0/s1. The number of rotatable bonds is 5. The SMILES string of the molecule is C[C@@H](CCN1CCOCC1)Nc1ncnc2sccc12. The first-order chi connectivity index (χ1) is 9.83. The summed E-state index contributed by atoms with van der Waals surface area (Å²) in [4.78, 5) is 12.1. The number of morpholine rings is 1. The van der Waals surface area contributed by atoms with E-state index in [1.165, 1.54) is 0 Å². The van der Waals surface area contributed by atoms with Crippen LogP contribution in [0, 0.1) is 0 Å². The maximum atomic E-state index is 5.37. The van der Waals surface area contributed by atoms with E-state index in [-0.39, 0.29) is 0 Å². The van der Waals surface area contributed by atoms with Crippen LogP contribution in [-0.4, -0.2) is 53.8 Å². The van der Waals surface area contributed by atoms with Gasteiger partial charge in [-0.3, -0.25) is 4.90 Å². The fraction of sp³-hybridized carbons (Fsp3) is 0.571. The summed E-state index contributed by atoms with van der Waals surface area (Å²) in [5.41, 5.74) is 0. The number of fused-ring (bicyclic) bond motifs is 1.